The molecule has 0 aromatic heterocycles. The molecule has 5 N–H and O–H groups in total. The van der Waals surface area contributed by atoms with E-state index in [0.717, 1.165) is 0 Å². The Morgan fingerprint density at radius 2 is 1.24 bits per heavy atom. The predicted molar refractivity (Wildman–Crippen MR) is 49.7 cm³/mol. The van der Waals surface area contributed by atoms with Crippen LogP contribution in [0.1, 0.15) is 12.8 Å². The number of hydrogen-bond donors (Lipinski definition) is 5. The van der Waals surface area contributed by atoms with Crippen LogP contribution >= 0.6 is 0 Å². The van der Waals surface area contributed by atoms with Gasteiger partial charge in [0.2, 0.25) is 11.8 Å². The first kappa shape index (κ1) is 15.0. The lowest BCUT2D eigenvalue weighted by atomic mass is 10.2. The van der Waals surface area contributed by atoms with Crippen molar-refractivity contribution < 1.29 is 39.6 Å². The topological polar surface area (TPSA) is 161 Å². The Bertz CT molecular complexity index is 306. The van der Waals surface area contributed by atoms with Gasteiger partial charge in [0.15, 0.2) is 12.2 Å². The van der Waals surface area contributed by atoms with Crippen molar-refractivity contribution in [3.05, 3.63) is 0 Å². The average molecular weight is 249 g/mol. The number of hydrogen-bond acceptors (Lipinski definition) is 6. The molecule has 0 radical (unpaired) electrons. The summed E-state index contributed by atoms with van der Waals surface area (Å²) >= 11 is 0. The van der Waals surface area contributed by atoms with Crippen molar-refractivity contribution in [1.82, 2.24) is 5.32 Å². The van der Waals surface area contributed by atoms with Gasteiger partial charge in [-0.2, -0.15) is 0 Å². The smallest absolute Gasteiger partial charge is 0.335 e. The molecule has 0 saturated carbocycles. The minimum Gasteiger partial charge on any atom is -0.479 e. The molecule has 2 unspecified atom stereocenters. The number of imide groups is 1. The van der Waals surface area contributed by atoms with Crippen LogP contribution in [0, 0.1) is 0 Å². The Balaban J connectivity index is 0.000000318. The summed E-state index contributed by atoms with van der Waals surface area (Å²) in [6, 6.07) is 0. The van der Waals surface area contributed by atoms with Crippen LogP contribution in [-0.4, -0.2) is 56.4 Å². The first-order chi connectivity index (χ1) is 7.75. The summed E-state index contributed by atoms with van der Waals surface area (Å²) in [4.78, 5) is 39.8. The highest BCUT2D eigenvalue weighted by Gasteiger charge is 2.29. The summed E-state index contributed by atoms with van der Waals surface area (Å²) < 4.78 is 0. The van der Waals surface area contributed by atoms with E-state index in [2.05, 4.69) is 5.32 Å². The maximum absolute atomic E-state index is 10.1. The summed E-state index contributed by atoms with van der Waals surface area (Å²) in [6.07, 6.45) is -3.78. The van der Waals surface area contributed by atoms with E-state index in [1.165, 1.54) is 0 Å². The summed E-state index contributed by atoms with van der Waals surface area (Å²) in [6.45, 7) is 0. The highest BCUT2D eigenvalue weighted by molar-refractivity contribution is 6.01. The fraction of sp³-hybridized carbons (Fsp3) is 0.500. The third kappa shape index (κ3) is 5.58. The molecule has 1 heterocycles. The number of aliphatic hydroxyl groups excluding tert-OH is 2. The molecule has 2 amide bonds. The van der Waals surface area contributed by atoms with E-state index in [9.17, 15) is 19.2 Å². The molecule has 1 rings (SSSR count). The molecular formula is C8H11NO8. The van der Waals surface area contributed by atoms with E-state index in [0.29, 0.717) is 12.8 Å². The fourth-order valence-electron chi connectivity index (χ4n) is 0.778. The standard InChI is InChI=1S/C4H5NO2.C4H6O6/c6-3-1-2-4(7)5-3;5-1(3(7)8)2(6)4(9)10/h1-2H2,(H,5,6,7);1-2,5-6H,(H,7,8)(H,9,10). The van der Waals surface area contributed by atoms with E-state index < -0.39 is 24.1 Å². The molecule has 9 nitrogen and oxygen atoms in total. The van der Waals surface area contributed by atoms with Crippen molar-refractivity contribution in [1.29, 1.82) is 0 Å². The Hall–Kier alpha value is -2.00. The normalized spacial score (nSPS) is 17.5. The Labute approximate surface area is 94.7 Å². The maximum Gasteiger partial charge on any atom is 0.335 e. The first-order valence-corrected chi connectivity index (χ1v) is 4.40. The molecule has 2 atom stereocenters. The van der Waals surface area contributed by atoms with Gasteiger partial charge in [-0.05, 0) is 0 Å². The second kappa shape index (κ2) is 6.55. The van der Waals surface area contributed by atoms with Crippen molar-refractivity contribution in [2.45, 2.75) is 25.0 Å². The molecule has 0 bridgehead atoms. The second-order valence-electron chi connectivity index (χ2n) is 3.04. The summed E-state index contributed by atoms with van der Waals surface area (Å²) in [5.74, 6) is -3.83. The number of carbonyl (C=O) groups is 4. The van der Waals surface area contributed by atoms with Crippen molar-refractivity contribution in [2.75, 3.05) is 0 Å². The SMILES string of the molecule is O=C(O)C(O)C(O)C(=O)O.O=C1CCC(=O)N1. The lowest BCUT2D eigenvalue weighted by Crippen LogP contribution is -2.39. The van der Waals surface area contributed by atoms with Crippen LogP contribution in [0.4, 0.5) is 0 Å². The molecule has 1 aliphatic rings. The van der Waals surface area contributed by atoms with Crippen LogP contribution < -0.4 is 5.32 Å². The molecule has 0 aliphatic carbocycles. The van der Waals surface area contributed by atoms with Crippen LogP contribution in [0.15, 0.2) is 0 Å². The summed E-state index contributed by atoms with van der Waals surface area (Å²) in [5.41, 5.74) is 0. The number of rotatable bonds is 3. The van der Waals surface area contributed by atoms with Crippen molar-refractivity contribution in [2.24, 2.45) is 0 Å². The van der Waals surface area contributed by atoms with Gasteiger partial charge in [-0.25, -0.2) is 9.59 Å². The minimum absolute atomic E-state index is 0.148. The number of carboxylic acid groups (broad SMARTS) is 2. The van der Waals surface area contributed by atoms with E-state index >= 15 is 0 Å². The average Bonchev–Trinajstić information content (AvgIpc) is 2.60. The monoisotopic (exact) mass is 249 g/mol. The van der Waals surface area contributed by atoms with Crippen molar-refractivity contribution in [3.8, 4) is 0 Å². The van der Waals surface area contributed by atoms with Gasteiger partial charge in [0.1, 0.15) is 0 Å². The molecule has 1 aliphatic heterocycles. The molecule has 9 heteroatoms. The Kier molecular flexibility index (Phi) is 5.78. The lowest BCUT2D eigenvalue weighted by Gasteiger charge is -2.07. The minimum atomic E-state index is -2.27. The number of aliphatic carboxylic acids is 2. The van der Waals surface area contributed by atoms with Crippen LogP contribution in [0.5, 0.6) is 0 Å². The molecule has 0 aromatic rings. The van der Waals surface area contributed by atoms with Crippen LogP contribution in [0.25, 0.3) is 0 Å². The molecule has 1 fully saturated rings. The van der Waals surface area contributed by atoms with Crippen molar-refractivity contribution in [3.63, 3.8) is 0 Å². The highest BCUT2D eigenvalue weighted by Crippen LogP contribution is 1.95. The van der Waals surface area contributed by atoms with Gasteiger partial charge in [-0.1, -0.05) is 0 Å². The van der Waals surface area contributed by atoms with Gasteiger partial charge in [-0.3, -0.25) is 14.9 Å². The van der Waals surface area contributed by atoms with Gasteiger partial charge < -0.3 is 20.4 Å². The van der Waals surface area contributed by atoms with Gasteiger partial charge in [0.25, 0.3) is 0 Å². The third-order valence-corrected chi connectivity index (χ3v) is 1.66. The number of carboxylic acids is 2. The van der Waals surface area contributed by atoms with Gasteiger partial charge >= 0.3 is 11.9 Å². The number of nitrogens with one attached hydrogen (secondary N) is 1. The first-order valence-electron chi connectivity index (χ1n) is 4.40. The summed E-state index contributed by atoms with van der Waals surface area (Å²) in [7, 11) is 0. The molecular weight excluding hydrogens is 238 g/mol. The number of aliphatic hydroxyl groups is 2. The quantitative estimate of drug-likeness (QED) is 0.337. The van der Waals surface area contributed by atoms with Crippen molar-refractivity contribution >= 4 is 23.8 Å². The number of amides is 2. The number of carbonyl (C=O) groups excluding carboxylic acids is 2. The zero-order valence-electron chi connectivity index (χ0n) is 8.49. The molecule has 0 aromatic carbocycles. The maximum atomic E-state index is 10.1. The molecule has 96 valence electrons. The Morgan fingerprint density at radius 3 is 1.35 bits per heavy atom. The third-order valence-electron chi connectivity index (χ3n) is 1.66. The lowest BCUT2D eigenvalue weighted by molar-refractivity contribution is -0.165. The second-order valence-corrected chi connectivity index (χ2v) is 3.04. The highest BCUT2D eigenvalue weighted by atomic mass is 16.4. The van der Waals surface area contributed by atoms with Crippen LogP contribution in [0.3, 0.4) is 0 Å². The van der Waals surface area contributed by atoms with E-state index in [1.54, 1.807) is 0 Å². The van der Waals surface area contributed by atoms with Gasteiger partial charge in [0, 0.05) is 12.8 Å². The van der Waals surface area contributed by atoms with Crippen LogP contribution in [-0.2, 0) is 19.2 Å². The Morgan fingerprint density at radius 1 is 0.941 bits per heavy atom. The molecule has 1 saturated heterocycles. The van der Waals surface area contributed by atoms with Crippen LogP contribution in [0.2, 0.25) is 0 Å². The van der Waals surface area contributed by atoms with E-state index in [4.69, 9.17) is 20.4 Å². The molecule has 0 spiro atoms. The predicted octanol–water partition coefficient (Wildman–Crippen LogP) is -2.70. The largest absolute Gasteiger partial charge is 0.479 e. The zero-order chi connectivity index (χ0) is 13.6. The van der Waals surface area contributed by atoms with E-state index in [-0.39, 0.29) is 11.8 Å². The molecule has 17 heavy (non-hydrogen) atoms. The van der Waals surface area contributed by atoms with Gasteiger partial charge in [-0.15, -0.1) is 0 Å². The van der Waals surface area contributed by atoms with Gasteiger partial charge in [0.05, 0.1) is 0 Å². The fourth-order valence-corrected chi connectivity index (χ4v) is 0.778. The van der Waals surface area contributed by atoms with E-state index in [1.807, 2.05) is 0 Å². The zero-order valence-corrected chi connectivity index (χ0v) is 8.49. The summed E-state index contributed by atoms with van der Waals surface area (Å²) in [5, 5.41) is 34.7.